The highest BCUT2D eigenvalue weighted by Crippen LogP contribution is 2.21. The maximum Gasteiger partial charge on any atom is 0.244 e. The first kappa shape index (κ1) is 15.2. The zero-order valence-corrected chi connectivity index (χ0v) is 13.2. The molecule has 1 atom stereocenters. The molecule has 1 amide bonds. The van der Waals surface area contributed by atoms with Crippen LogP contribution in [0.25, 0.3) is 0 Å². The predicted octanol–water partition coefficient (Wildman–Crippen LogP) is 1.67. The van der Waals surface area contributed by atoms with Gasteiger partial charge in [-0.15, -0.1) is 0 Å². The summed E-state index contributed by atoms with van der Waals surface area (Å²) < 4.78 is 22.9. The number of amides is 1. The van der Waals surface area contributed by atoms with Gasteiger partial charge in [0, 0.05) is 5.56 Å². The van der Waals surface area contributed by atoms with E-state index in [-0.39, 0.29) is 17.4 Å². The number of hydrogen-bond donors (Lipinski definition) is 1. The van der Waals surface area contributed by atoms with E-state index in [1.807, 2.05) is 18.2 Å². The Kier molecular flexibility index (Phi) is 4.29. The normalized spacial score (nSPS) is 25.5. The number of carbonyl (C=O) groups is 1. The Morgan fingerprint density at radius 2 is 1.95 bits per heavy atom. The summed E-state index contributed by atoms with van der Waals surface area (Å²) in [6, 6.07) is 8.13. The minimum atomic E-state index is -3.05. The first-order valence-corrected chi connectivity index (χ1v) is 9.52. The van der Waals surface area contributed by atoms with Crippen LogP contribution in [0.2, 0.25) is 0 Å². The van der Waals surface area contributed by atoms with Crippen LogP contribution in [0.3, 0.4) is 0 Å². The Morgan fingerprint density at radius 3 is 2.73 bits per heavy atom. The van der Waals surface area contributed by atoms with Crippen molar-refractivity contribution in [3.63, 3.8) is 0 Å². The highest BCUT2D eigenvalue weighted by molar-refractivity contribution is 7.91. The van der Waals surface area contributed by atoms with Crippen LogP contribution in [0, 0.1) is 5.92 Å². The first-order valence-electron chi connectivity index (χ1n) is 7.70. The SMILES string of the molecule is O=C(N/N=C1/CCCCc2ccccc21)C1CCS(=O)(=O)C1. The van der Waals surface area contributed by atoms with Crippen molar-refractivity contribution in [2.45, 2.75) is 32.1 Å². The van der Waals surface area contributed by atoms with Gasteiger partial charge in [-0.25, -0.2) is 13.8 Å². The van der Waals surface area contributed by atoms with Crippen molar-refractivity contribution in [2.75, 3.05) is 11.5 Å². The topological polar surface area (TPSA) is 75.6 Å². The van der Waals surface area contributed by atoms with Crippen LogP contribution in [0.15, 0.2) is 29.4 Å². The lowest BCUT2D eigenvalue weighted by Crippen LogP contribution is -2.28. The van der Waals surface area contributed by atoms with Gasteiger partial charge >= 0.3 is 0 Å². The number of hydrogen-bond acceptors (Lipinski definition) is 4. The van der Waals surface area contributed by atoms with Gasteiger partial charge in [0.2, 0.25) is 5.91 Å². The van der Waals surface area contributed by atoms with Gasteiger partial charge in [-0.05, 0) is 37.7 Å². The number of rotatable bonds is 2. The number of aryl methyl sites for hydroxylation is 1. The van der Waals surface area contributed by atoms with Crippen molar-refractivity contribution >= 4 is 21.5 Å². The molecule has 1 aliphatic carbocycles. The fourth-order valence-electron chi connectivity index (χ4n) is 3.09. The average Bonchev–Trinajstić information content (AvgIpc) is 2.75. The smallest absolute Gasteiger partial charge is 0.244 e. The third-order valence-electron chi connectivity index (χ3n) is 4.34. The molecule has 0 saturated carbocycles. The Balaban J connectivity index is 1.74. The minimum Gasteiger partial charge on any atom is -0.273 e. The van der Waals surface area contributed by atoms with Crippen LogP contribution in [-0.4, -0.2) is 31.5 Å². The number of carbonyl (C=O) groups excluding carboxylic acids is 1. The molecule has 0 spiro atoms. The highest BCUT2D eigenvalue weighted by Gasteiger charge is 2.33. The van der Waals surface area contributed by atoms with E-state index < -0.39 is 15.8 Å². The van der Waals surface area contributed by atoms with Gasteiger partial charge in [-0.1, -0.05) is 24.3 Å². The molecule has 1 fully saturated rings. The maximum absolute atomic E-state index is 12.1. The van der Waals surface area contributed by atoms with Gasteiger partial charge in [0.05, 0.1) is 23.1 Å². The molecule has 0 aromatic heterocycles. The second kappa shape index (κ2) is 6.20. The van der Waals surface area contributed by atoms with E-state index in [0.717, 1.165) is 37.0 Å². The average molecular weight is 320 g/mol. The quantitative estimate of drug-likeness (QED) is 0.665. The molecule has 1 aromatic rings. The second-order valence-electron chi connectivity index (χ2n) is 6.00. The summed E-state index contributed by atoms with van der Waals surface area (Å²) in [6.45, 7) is 0. The van der Waals surface area contributed by atoms with Gasteiger partial charge in [-0.2, -0.15) is 5.10 Å². The van der Waals surface area contributed by atoms with Crippen LogP contribution in [0.5, 0.6) is 0 Å². The molecule has 0 radical (unpaired) electrons. The van der Waals surface area contributed by atoms with Crippen LogP contribution >= 0.6 is 0 Å². The highest BCUT2D eigenvalue weighted by atomic mass is 32.2. The standard InChI is InChI=1S/C16H20N2O3S/c19-16(13-9-10-22(20,21)11-13)18-17-15-8-4-2-6-12-5-1-3-7-14(12)15/h1,3,5,7,13H,2,4,6,8-11H2,(H,18,19)/b17-15-. The maximum atomic E-state index is 12.1. The first-order chi connectivity index (χ1) is 10.6. The molecule has 5 nitrogen and oxygen atoms in total. The van der Waals surface area contributed by atoms with Gasteiger partial charge in [-0.3, -0.25) is 4.79 Å². The summed E-state index contributed by atoms with van der Waals surface area (Å²) in [7, 11) is -3.05. The van der Waals surface area contributed by atoms with Gasteiger partial charge in [0.25, 0.3) is 0 Å². The number of nitrogens with zero attached hydrogens (tertiary/aromatic N) is 1. The molecular weight excluding hydrogens is 300 g/mol. The third-order valence-corrected chi connectivity index (χ3v) is 6.11. The van der Waals surface area contributed by atoms with Gasteiger partial charge < -0.3 is 0 Å². The van der Waals surface area contributed by atoms with E-state index in [2.05, 4.69) is 16.6 Å². The number of nitrogens with one attached hydrogen (secondary N) is 1. The Morgan fingerprint density at radius 1 is 1.18 bits per heavy atom. The molecule has 1 N–H and O–H groups in total. The lowest BCUT2D eigenvalue weighted by molar-refractivity contribution is -0.124. The summed E-state index contributed by atoms with van der Waals surface area (Å²) in [5, 5.41) is 4.30. The molecule has 1 aliphatic heterocycles. The van der Waals surface area contributed by atoms with E-state index in [0.29, 0.717) is 6.42 Å². The van der Waals surface area contributed by atoms with E-state index in [4.69, 9.17) is 0 Å². The number of hydrazone groups is 1. The lowest BCUT2D eigenvalue weighted by atomic mass is 10.0. The summed E-state index contributed by atoms with van der Waals surface area (Å²) in [6.07, 6.45) is 4.42. The second-order valence-corrected chi connectivity index (χ2v) is 8.23. The molecule has 1 heterocycles. The van der Waals surface area contributed by atoms with E-state index >= 15 is 0 Å². The van der Waals surface area contributed by atoms with Crippen molar-refractivity contribution in [3.8, 4) is 0 Å². The summed E-state index contributed by atoms with van der Waals surface area (Å²) >= 11 is 0. The van der Waals surface area contributed by atoms with Crippen LogP contribution in [-0.2, 0) is 21.1 Å². The zero-order valence-electron chi connectivity index (χ0n) is 12.4. The number of sulfone groups is 1. The van der Waals surface area contributed by atoms with Gasteiger partial charge in [0.1, 0.15) is 0 Å². The van der Waals surface area contributed by atoms with Crippen molar-refractivity contribution in [3.05, 3.63) is 35.4 Å². The van der Waals surface area contributed by atoms with Crippen molar-refractivity contribution in [1.82, 2.24) is 5.43 Å². The Bertz CT molecular complexity index is 710. The van der Waals surface area contributed by atoms with Crippen LogP contribution in [0.4, 0.5) is 0 Å². The molecule has 1 saturated heterocycles. The molecule has 22 heavy (non-hydrogen) atoms. The van der Waals surface area contributed by atoms with E-state index in [9.17, 15) is 13.2 Å². The third kappa shape index (κ3) is 3.38. The summed E-state index contributed by atoms with van der Waals surface area (Å²) in [4.78, 5) is 12.1. The van der Waals surface area contributed by atoms with E-state index in [1.165, 1.54) is 5.56 Å². The zero-order chi connectivity index (χ0) is 15.6. The molecular formula is C16H20N2O3S. The fraction of sp³-hybridized carbons (Fsp3) is 0.500. The van der Waals surface area contributed by atoms with Crippen LogP contribution in [0.1, 0.15) is 36.8 Å². The Labute approximate surface area is 130 Å². The van der Waals surface area contributed by atoms with Crippen LogP contribution < -0.4 is 5.43 Å². The summed E-state index contributed by atoms with van der Waals surface area (Å²) in [5.74, 6) is -0.698. The number of benzene rings is 1. The fourth-order valence-corrected chi connectivity index (χ4v) is 4.84. The molecule has 1 unspecified atom stereocenters. The van der Waals surface area contributed by atoms with Crippen molar-refractivity contribution in [1.29, 1.82) is 0 Å². The largest absolute Gasteiger partial charge is 0.273 e. The molecule has 1 aromatic carbocycles. The number of fused-ring (bicyclic) bond motifs is 1. The monoisotopic (exact) mass is 320 g/mol. The molecule has 2 aliphatic rings. The van der Waals surface area contributed by atoms with Gasteiger partial charge in [0.15, 0.2) is 9.84 Å². The molecule has 3 rings (SSSR count). The lowest BCUT2D eigenvalue weighted by Gasteiger charge is -2.09. The van der Waals surface area contributed by atoms with E-state index in [1.54, 1.807) is 0 Å². The predicted molar refractivity (Wildman–Crippen MR) is 85.4 cm³/mol. The molecule has 118 valence electrons. The molecule has 0 bridgehead atoms. The Hall–Kier alpha value is -1.69. The minimum absolute atomic E-state index is 0.0553. The van der Waals surface area contributed by atoms with Crippen molar-refractivity contribution < 1.29 is 13.2 Å². The van der Waals surface area contributed by atoms with Crippen molar-refractivity contribution in [2.24, 2.45) is 11.0 Å². The summed E-state index contributed by atoms with van der Waals surface area (Å²) in [5.41, 5.74) is 5.83. The molecule has 6 heteroatoms.